The number of pyridine rings is 1. The molecule has 0 radical (unpaired) electrons. The van der Waals surface area contributed by atoms with Gasteiger partial charge in [0.15, 0.2) is 0 Å². The van der Waals surface area contributed by atoms with E-state index in [4.69, 9.17) is 9.47 Å². The van der Waals surface area contributed by atoms with E-state index in [2.05, 4.69) is 9.88 Å². The van der Waals surface area contributed by atoms with Crippen LogP contribution in [-0.2, 0) is 24.5 Å². The number of rotatable bonds is 11. The lowest BCUT2D eigenvalue weighted by Gasteiger charge is -2.36. The van der Waals surface area contributed by atoms with Gasteiger partial charge in [0.2, 0.25) is 17.7 Å². The van der Waals surface area contributed by atoms with E-state index in [1.165, 1.54) is 4.90 Å². The largest absolute Gasteiger partial charge is 0.492 e. The Kier molecular flexibility index (Phi) is 8.66. The fourth-order valence-electron chi connectivity index (χ4n) is 4.91. The molecule has 0 saturated carbocycles. The molecule has 9 nitrogen and oxygen atoms in total. The van der Waals surface area contributed by atoms with E-state index in [0.717, 1.165) is 19.6 Å². The van der Waals surface area contributed by atoms with Crippen LogP contribution >= 0.6 is 0 Å². The summed E-state index contributed by atoms with van der Waals surface area (Å²) < 4.78 is 10.8. The summed E-state index contributed by atoms with van der Waals surface area (Å²) >= 11 is 0. The van der Waals surface area contributed by atoms with Crippen molar-refractivity contribution in [1.82, 2.24) is 19.7 Å². The highest BCUT2D eigenvalue weighted by atomic mass is 16.5. The van der Waals surface area contributed by atoms with E-state index in [1.807, 2.05) is 41.3 Å². The van der Waals surface area contributed by atoms with Crippen LogP contribution < -0.4 is 4.74 Å². The van der Waals surface area contributed by atoms with Crippen LogP contribution in [0.15, 0.2) is 54.9 Å². The number of carbonyl (C=O) groups excluding carboxylic acids is 3. The molecule has 2 aliphatic heterocycles. The summed E-state index contributed by atoms with van der Waals surface area (Å²) in [5.74, 6) is 0.00542. The van der Waals surface area contributed by atoms with Crippen molar-refractivity contribution in [2.45, 2.75) is 24.7 Å². The molecule has 0 spiro atoms. The summed E-state index contributed by atoms with van der Waals surface area (Å²) in [4.78, 5) is 49.6. The number of methoxy groups -OCH3 is 1. The van der Waals surface area contributed by atoms with Crippen LogP contribution in [0.25, 0.3) is 0 Å². The second kappa shape index (κ2) is 12.1. The predicted molar refractivity (Wildman–Crippen MR) is 133 cm³/mol. The number of hydrogen-bond donors (Lipinski definition) is 0. The monoisotopic (exact) mass is 494 g/mol. The third kappa shape index (κ3) is 5.91. The zero-order valence-electron chi connectivity index (χ0n) is 20.8. The van der Waals surface area contributed by atoms with Gasteiger partial charge in [-0.1, -0.05) is 30.3 Å². The van der Waals surface area contributed by atoms with Crippen molar-refractivity contribution in [2.75, 3.05) is 59.6 Å². The molecular weight excluding hydrogens is 460 g/mol. The molecule has 1 unspecified atom stereocenters. The highest BCUT2D eigenvalue weighted by molar-refractivity contribution is 6.10. The van der Waals surface area contributed by atoms with Gasteiger partial charge in [-0.05, 0) is 24.1 Å². The Morgan fingerprint density at radius 2 is 1.78 bits per heavy atom. The minimum atomic E-state index is -1.17. The first-order valence-corrected chi connectivity index (χ1v) is 12.5. The van der Waals surface area contributed by atoms with Gasteiger partial charge >= 0.3 is 0 Å². The van der Waals surface area contributed by atoms with Gasteiger partial charge in [0.25, 0.3) is 0 Å². The molecule has 192 valence electrons. The maximum absolute atomic E-state index is 13.8. The van der Waals surface area contributed by atoms with Gasteiger partial charge in [-0.3, -0.25) is 29.2 Å². The van der Waals surface area contributed by atoms with Crippen molar-refractivity contribution in [3.8, 4) is 5.75 Å². The summed E-state index contributed by atoms with van der Waals surface area (Å²) in [5.41, 5.74) is -0.461. The third-order valence-electron chi connectivity index (χ3n) is 6.95. The Hall–Kier alpha value is -3.30. The first-order chi connectivity index (χ1) is 17.5. The van der Waals surface area contributed by atoms with Crippen LogP contribution in [0.3, 0.4) is 0 Å². The molecule has 2 fully saturated rings. The molecule has 1 atom stereocenters. The lowest BCUT2D eigenvalue weighted by atomic mass is 9.75. The highest BCUT2D eigenvalue weighted by Crippen LogP contribution is 2.40. The smallest absolute Gasteiger partial charge is 0.240 e. The van der Waals surface area contributed by atoms with E-state index in [-0.39, 0.29) is 37.1 Å². The number of piperazine rings is 1. The maximum atomic E-state index is 13.8. The number of benzene rings is 1. The van der Waals surface area contributed by atoms with Gasteiger partial charge in [0.1, 0.15) is 5.75 Å². The summed E-state index contributed by atoms with van der Waals surface area (Å²) in [5, 5.41) is 0. The number of nitrogens with zero attached hydrogens (tertiary/aromatic N) is 4. The quantitative estimate of drug-likeness (QED) is 0.347. The number of carbonyl (C=O) groups is 3. The zero-order chi connectivity index (χ0) is 25.4. The number of aromatic nitrogens is 1. The molecule has 2 aromatic rings. The average Bonchev–Trinajstić information content (AvgIpc) is 3.16. The summed E-state index contributed by atoms with van der Waals surface area (Å²) in [6, 6.07) is 12.8. The van der Waals surface area contributed by atoms with E-state index in [0.29, 0.717) is 44.0 Å². The fraction of sp³-hybridized carbons (Fsp3) is 0.481. The van der Waals surface area contributed by atoms with Crippen molar-refractivity contribution in [3.63, 3.8) is 0 Å². The van der Waals surface area contributed by atoms with Gasteiger partial charge < -0.3 is 14.4 Å². The van der Waals surface area contributed by atoms with E-state index in [9.17, 15) is 14.4 Å². The van der Waals surface area contributed by atoms with Gasteiger partial charge in [-0.25, -0.2) is 0 Å². The minimum Gasteiger partial charge on any atom is -0.492 e. The fourth-order valence-corrected chi connectivity index (χ4v) is 4.91. The molecule has 9 heteroatoms. The van der Waals surface area contributed by atoms with E-state index >= 15 is 0 Å². The van der Waals surface area contributed by atoms with Gasteiger partial charge in [0.05, 0.1) is 24.8 Å². The molecule has 0 N–H and O–H groups in total. The van der Waals surface area contributed by atoms with Crippen LogP contribution in [-0.4, -0.2) is 97.0 Å². The normalized spacial score (nSPS) is 20.7. The van der Waals surface area contributed by atoms with Crippen molar-refractivity contribution in [2.24, 2.45) is 0 Å². The number of hydrogen-bond acceptors (Lipinski definition) is 7. The van der Waals surface area contributed by atoms with Crippen molar-refractivity contribution in [1.29, 1.82) is 0 Å². The standard InChI is InChI=1S/C27H34N4O5/c1-35-18-16-29-12-14-30(15-13-29)24(32)19-27(22-7-3-2-4-8-22)20-25(33)31(26(27)34)11-6-17-36-23-9-5-10-28-21-23/h2-5,7-10,21H,6,11-20H2,1H3. The van der Waals surface area contributed by atoms with E-state index in [1.54, 1.807) is 25.6 Å². The Morgan fingerprint density at radius 1 is 1.00 bits per heavy atom. The Bertz CT molecular complexity index is 1030. The molecule has 3 heterocycles. The van der Waals surface area contributed by atoms with E-state index < -0.39 is 5.41 Å². The molecule has 0 aliphatic carbocycles. The first kappa shape index (κ1) is 25.8. The topological polar surface area (TPSA) is 92.3 Å². The summed E-state index contributed by atoms with van der Waals surface area (Å²) in [6.07, 6.45) is 3.77. The molecule has 3 amide bonds. The average molecular weight is 495 g/mol. The molecule has 4 rings (SSSR count). The SMILES string of the molecule is COCCN1CCN(C(=O)CC2(c3ccccc3)CC(=O)N(CCCOc3cccnc3)C2=O)CC1. The molecule has 0 bridgehead atoms. The lowest BCUT2D eigenvalue weighted by molar-refractivity contribution is -0.143. The number of ether oxygens (including phenoxy) is 2. The van der Waals surface area contributed by atoms with Crippen molar-refractivity contribution in [3.05, 3.63) is 60.4 Å². The van der Waals surface area contributed by atoms with Crippen LogP contribution in [0.4, 0.5) is 0 Å². The molecule has 1 aromatic heterocycles. The molecule has 36 heavy (non-hydrogen) atoms. The Balaban J connectivity index is 1.42. The minimum absolute atomic E-state index is 0.00114. The molecule has 1 aromatic carbocycles. The van der Waals surface area contributed by atoms with Gasteiger partial charge in [-0.2, -0.15) is 0 Å². The Labute approximate surface area is 212 Å². The zero-order valence-corrected chi connectivity index (χ0v) is 20.8. The molecular formula is C27H34N4O5. The summed E-state index contributed by atoms with van der Waals surface area (Å²) in [7, 11) is 1.68. The van der Waals surface area contributed by atoms with Gasteiger partial charge in [-0.15, -0.1) is 0 Å². The molecule has 2 saturated heterocycles. The second-order valence-electron chi connectivity index (χ2n) is 9.26. The molecule has 2 aliphatic rings. The number of likely N-dealkylation sites (tertiary alicyclic amines) is 1. The number of amides is 3. The van der Waals surface area contributed by atoms with Crippen molar-refractivity contribution < 1.29 is 23.9 Å². The second-order valence-corrected chi connectivity index (χ2v) is 9.26. The first-order valence-electron chi connectivity index (χ1n) is 12.5. The predicted octanol–water partition coefficient (Wildman–Crippen LogP) is 1.73. The maximum Gasteiger partial charge on any atom is 0.240 e. The Morgan fingerprint density at radius 3 is 2.47 bits per heavy atom. The summed E-state index contributed by atoms with van der Waals surface area (Å²) in [6.45, 7) is 4.83. The number of imide groups is 1. The van der Waals surface area contributed by atoms with Gasteiger partial charge in [0, 0.05) is 65.4 Å². The van der Waals surface area contributed by atoms with Crippen LogP contribution in [0.1, 0.15) is 24.8 Å². The van der Waals surface area contributed by atoms with Crippen molar-refractivity contribution >= 4 is 17.7 Å². The van der Waals surface area contributed by atoms with Crippen LogP contribution in [0.2, 0.25) is 0 Å². The highest BCUT2D eigenvalue weighted by Gasteiger charge is 2.53. The third-order valence-corrected chi connectivity index (χ3v) is 6.95. The van der Waals surface area contributed by atoms with Crippen LogP contribution in [0.5, 0.6) is 5.75 Å². The lowest BCUT2D eigenvalue weighted by Crippen LogP contribution is -2.51. The van der Waals surface area contributed by atoms with Crippen LogP contribution in [0, 0.1) is 0 Å².